The third-order valence-corrected chi connectivity index (χ3v) is 2.97. The Morgan fingerprint density at radius 1 is 1.61 bits per heavy atom. The first-order chi connectivity index (χ1) is 8.79. The van der Waals surface area contributed by atoms with Crippen molar-refractivity contribution >= 4 is 11.8 Å². The predicted molar refractivity (Wildman–Crippen MR) is 69.7 cm³/mol. The summed E-state index contributed by atoms with van der Waals surface area (Å²) in [6.45, 7) is 4.13. The van der Waals surface area contributed by atoms with Crippen molar-refractivity contribution in [1.29, 1.82) is 0 Å². The van der Waals surface area contributed by atoms with E-state index in [0.29, 0.717) is 18.2 Å². The van der Waals surface area contributed by atoms with Crippen molar-refractivity contribution < 1.29 is 9.53 Å². The largest absolute Gasteiger partial charge is 0.462 e. The third kappa shape index (κ3) is 3.43. The van der Waals surface area contributed by atoms with Gasteiger partial charge in [-0.3, -0.25) is 0 Å². The average Bonchev–Trinajstić information content (AvgIpc) is 2.90. The van der Waals surface area contributed by atoms with E-state index in [9.17, 15) is 4.79 Å². The number of carbonyl (C=O) groups excluding carboxylic acids is 1. The Morgan fingerprint density at radius 2 is 2.50 bits per heavy atom. The number of hydrogen-bond acceptors (Lipinski definition) is 5. The van der Waals surface area contributed by atoms with Crippen LogP contribution < -0.4 is 10.6 Å². The Bertz CT molecular complexity index is 386. The molecule has 0 saturated carbocycles. The second-order valence-corrected chi connectivity index (χ2v) is 4.33. The van der Waals surface area contributed by atoms with Crippen LogP contribution in [-0.2, 0) is 4.74 Å². The van der Waals surface area contributed by atoms with E-state index >= 15 is 0 Å². The molecule has 5 heteroatoms. The summed E-state index contributed by atoms with van der Waals surface area (Å²) in [4.78, 5) is 15.6. The van der Waals surface area contributed by atoms with Crippen LogP contribution in [-0.4, -0.2) is 36.7 Å². The summed E-state index contributed by atoms with van der Waals surface area (Å²) in [7, 11) is 0. The number of nitrogens with zero attached hydrogens (tertiary/aromatic N) is 1. The molecular weight excluding hydrogens is 230 g/mol. The van der Waals surface area contributed by atoms with E-state index < -0.39 is 0 Å². The Balaban J connectivity index is 1.85. The maximum atomic E-state index is 11.4. The first kappa shape index (κ1) is 12.8. The van der Waals surface area contributed by atoms with Crippen molar-refractivity contribution in [3.63, 3.8) is 0 Å². The highest BCUT2D eigenvalue weighted by Gasteiger charge is 2.13. The molecule has 0 aliphatic carbocycles. The molecule has 2 heterocycles. The van der Waals surface area contributed by atoms with E-state index in [0.717, 1.165) is 18.9 Å². The molecule has 1 fully saturated rings. The number of aromatic nitrogens is 1. The Kier molecular flexibility index (Phi) is 4.52. The quantitative estimate of drug-likeness (QED) is 0.773. The lowest BCUT2D eigenvalue weighted by atomic mass is 10.2. The highest BCUT2D eigenvalue weighted by molar-refractivity contribution is 5.89. The highest BCUT2D eigenvalue weighted by Crippen LogP contribution is 2.09. The van der Waals surface area contributed by atoms with Crippen LogP contribution in [0.5, 0.6) is 0 Å². The normalized spacial score (nSPS) is 18.6. The van der Waals surface area contributed by atoms with E-state index in [1.807, 2.05) is 0 Å². The summed E-state index contributed by atoms with van der Waals surface area (Å²) in [5.41, 5.74) is 0.487. The minimum Gasteiger partial charge on any atom is -0.462 e. The smallest absolute Gasteiger partial charge is 0.339 e. The maximum Gasteiger partial charge on any atom is 0.339 e. The van der Waals surface area contributed by atoms with Gasteiger partial charge < -0.3 is 15.4 Å². The number of rotatable bonds is 5. The number of esters is 1. The molecular formula is C13H19N3O2. The van der Waals surface area contributed by atoms with Crippen LogP contribution in [0.3, 0.4) is 0 Å². The molecule has 0 aromatic carbocycles. The number of nitrogens with one attached hydrogen (secondary N) is 2. The van der Waals surface area contributed by atoms with Crippen LogP contribution in [0.4, 0.5) is 5.82 Å². The van der Waals surface area contributed by atoms with Gasteiger partial charge >= 0.3 is 5.97 Å². The van der Waals surface area contributed by atoms with Crippen LogP contribution in [0.1, 0.15) is 30.1 Å². The summed E-state index contributed by atoms with van der Waals surface area (Å²) < 4.78 is 4.90. The molecule has 5 nitrogen and oxygen atoms in total. The van der Waals surface area contributed by atoms with Gasteiger partial charge in [-0.1, -0.05) is 0 Å². The molecule has 2 rings (SSSR count). The molecule has 0 spiro atoms. The highest BCUT2D eigenvalue weighted by atomic mass is 16.5. The molecule has 0 bridgehead atoms. The molecule has 98 valence electrons. The molecule has 1 aromatic rings. The van der Waals surface area contributed by atoms with E-state index in [-0.39, 0.29) is 5.97 Å². The number of hydrogen-bond donors (Lipinski definition) is 2. The number of carbonyl (C=O) groups is 1. The Morgan fingerprint density at radius 3 is 3.11 bits per heavy atom. The van der Waals surface area contributed by atoms with Crippen molar-refractivity contribution in [2.24, 2.45) is 0 Å². The lowest BCUT2D eigenvalue weighted by Gasteiger charge is -2.11. The standard InChI is InChI=1S/C13H19N3O2/c1-2-18-13(17)10-5-6-12(15-8-10)16-9-11-4-3-7-14-11/h5-6,8,11,14H,2-4,7,9H2,1H3,(H,15,16). The van der Waals surface area contributed by atoms with E-state index in [4.69, 9.17) is 4.74 Å². The van der Waals surface area contributed by atoms with Crippen molar-refractivity contribution in [3.8, 4) is 0 Å². The third-order valence-electron chi connectivity index (χ3n) is 2.97. The molecule has 18 heavy (non-hydrogen) atoms. The van der Waals surface area contributed by atoms with E-state index in [1.54, 1.807) is 25.3 Å². The zero-order valence-electron chi connectivity index (χ0n) is 10.6. The molecule has 1 aromatic heterocycles. The fourth-order valence-electron chi connectivity index (χ4n) is 1.99. The van der Waals surface area contributed by atoms with Gasteiger partial charge in [0.05, 0.1) is 12.2 Å². The first-order valence-electron chi connectivity index (χ1n) is 6.40. The van der Waals surface area contributed by atoms with Gasteiger partial charge in [0.2, 0.25) is 0 Å². The van der Waals surface area contributed by atoms with Crippen LogP contribution in [0, 0.1) is 0 Å². The van der Waals surface area contributed by atoms with Crippen LogP contribution in [0.25, 0.3) is 0 Å². The summed E-state index contributed by atoms with van der Waals surface area (Å²) in [6.07, 6.45) is 3.98. The van der Waals surface area contributed by atoms with Crippen LogP contribution in [0.2, 0.25) is 0 Å². The van der Waals surface area contributed by atoms with Gasteiger partial charge in [-0.25, -0.2) is 9.78 Å². The van der Waals surface area contributed by atoms with E-state index in [1.165, 1.54) is 12.8 Å². The lowest BCUT2D eigenvalue weighted by molar-refractivity contribution is 0.0526. The molecule has 1 aliphatic heterocycles. The SMILES string of the molecule is CCOC(=O)c1ccc(NCC2CCCN2)nc1. The van der Waals surface area contributed by atoms with Gasteiger partial charge in [0, 0.05) is 18.8 Å². The maximum absolute atomic E-state index is 11.4. The van der Waals surface area contributed by atoms with Crippen molar-refractivity contribution in [2.45, 2.75) is 25.8 Å². The summed E-state index contributed by atoms with van der Waals surface area (Å²) >= 11 is 0. The summed E-state index contributed by atoms with van der Waals surface area (Å²) in [6, 6.07) is 4.06. The molecule has 0 amide bonds. The van der Waals surface area contributed by atoms with Gasteiger partial charge in [-0.15, -0.1) is 0 Å². The molecule has 1 atom stereocenters. The molecule has 0 radical (unpaired) electrons. The molecule has 1 unspecified atom stereocenters. The van der Waals surface area contributed by atoms with Gasteiger partial charge in [0.1, 0.15) is 5.82 Å². The predicted octanol–water partition coefficient (Wildman–Crippen LogP) is 1.42. The van der Waals surface area contributed by atoms with Crippen molar-refractivity contribution in [2.75, 3.05) is 25.0 Å². The van der Waals surface area contributed by atoms with Crippen molar-refractivity contribution in [3.05, 3.63) is 23.9 Å². The van der Waals surface area contributed by atoms with Gasteiger partial charge in [-0.2, -0.15) is 0 Å². The number of pyridine rings is 1. The van der Waals surface area contributed by atoms with Crippen LogP contribution in [0.15, 0.2) is 18.3 Å². The Labute approximate surface area is 107 Å². The average molecular weight is 249 g/mol. The summed E-state index contributed by atoms with van der Waals surface area (Å²) in [5.74, 6) is 0.464. The fraction of sp³-hybridized carbons (Fsp3) is 0.538. The number of anilines is 1. The molecule has 1 saturated heterocycles. The second kappa shape index (κ2) is 6.35. The zero-order valence-corrected chi connectivity index (χ0v) is 10.6. The minimum absolute atomic E-state index is 0.325. The lowest BCUT2D eigenvalue weighted by Crippen LogP contribution is -2.29. The summed E-state index contributed by atoms with van der Waals surface area (Å²) in [5, 5.41) is 6.67. The topological polar surface area (TPSA) is 63.2 Å². The van der Waals surface area contributed by atoms with Crippen molar-refractivity contribution in [1.82, 2.24) is 10.3 Å². The zero-order chi connectivity index (χ0) is 12.8. The second-order valence-electron chi connectivity index (χ2n) is 4.33. The molecule has 1 aliphatic rings. The van der Waals surface area contributed by atoms with E-state index in [2.05, 4.69) is 15.6 Å². The van der Waals surface area contributed by atoms with Gasteiger partial charge in [0.25, 0.3) is 0 Å². The molecule has 2 N–H and O–H groups in total. The number of ether oxygens (including phenoxy) is 1. The van der Waals surface area contributed by atoms with Crippen LogP contribution >= 0.6 is 0 Å². The fourth-order valence-corrected chi connectivity index (χ4v) is 1.99. The minimum atomic E-state index is -0.325. The Hall–Kier alpha value is -1.62. The first-order valence-corrected chi connectivity index (χ1v) is 6.40. The van der Waals surface area contributed by atoms with Gasteiger partial charge in [0.15, 0.2) is 0 Å². The van der Waals surface area contributed by atoms with Gasteiger partial charge in [-0.05, 0) is 38.4 Å². The monoisotopic (exact) mass is 249 g/mol.